The molecule has 0 aromatic rings. The standard InChI is InChI=1S/C17H25NO5/c1-12(2)9-14-16(6-4-8-21-3)10-13-5-7-17(16,15(19)22-13)11-18(20)23-14/h9,11,13-14H,4-8,10H2,1-3H3/t13-,14-,16+,17+/m1/s1. The van der Waals surface area contributed by atoms with Crippen LogP contribution in [0.25, 0.3) is 0 Å². The van der Waals surface area contributed by atoms with Crippen molar-refractivity contribution in [2.24, 2.45) is 10.8 Å². The molecule has 1 spiro atoms. The number of fused-ring (bicyclic) bond motifs is 2. The fourth-order valence-corrected chi connectivity index (χ4v) is 4.52. The molecule has 4 atom stereocenters. The molecular weight excluding hydrogens is 298 g/mol. The quantitative estimate of drug-likeness (QED) is 0.336. The fourth-order valence-electron chi connectivity index (χ4n) is 4.52. The smallest absolute Gasteiger partial charge is 0.323 e. The summed E-state index contributed by atoms with van der Waals surface area (Å²) in [5, 5.41) is 12.1. The third-order valence-corrected chi connectivity index (χ3v) is 5.52. The highest BCUT2D eigenvalue weighted by atomic mass is 16.9. The van der Waals surface area contributed by atoms with Crippen molar-refractivity contribution in [2.75, 3.05) is 13.7 Å². The second kappa shape index (κ2) is 5.82. The molecule has 0 aromatic heterocycles. The highest BCUT2D eigenvalue weighted by molar-refractivity contribution is 5.96. The summed E-state index contributed by atoms with van der Waals surface area (Å²) in [6, 6.07) is 0. The second-order valence-electron chi connectivity index (χ2n) is 7.18. The fraction of sp³-hybridized carbons (Fsp3) is 0.765. The predicted molar refractivity (Wildman–Crippen MR) is 83.7 cm³/mol. The van der Waals surface area contributed by atoms with Crippen LogP contribution in [0.4, 0.5) is 0 Å². The lowest BCUT2D eigenvalue weighted by molar-refractivity contribution is -0.761. The van der Waals surface area contributed by atoms with Crippen molar-refractivity contribution < 1.29 is 24.0 Å². The molecule has 0 amide bonds. The average molecular weight is 323 g/mol. The zero-order valence-electron chi connectivity index (χ0n) is 14.0. The first-order chi connectivity index (χ1) is 10.9. The summed E-state index contributed by atoms with van der Waals surface area (Å²) in [5.74, 6) is -0.270. The number of carbonyl (C=O) groups is 1. The van der Waals surface area contributed by atoms with Gasteiger partial charge in [-0.15, -0.1) is 0 Å². The molecule has 0 unspecified atom stereocenters. The first kappa shape index (κ1) is 16.3. The number of rotatable bonds is 5. The Labute approximate surface area is 136 Å². The minimum atomic E-state index is -0.883. The molecule has 3 fully saturated rings. The summed E-state index contributed by atoms with van der Waals surface area (Å²) in [4.78, 5) is 18.8. The van der Waals surface area contributed by atoms with E-state index in [1.165, 1.54) is 6.21 Å². The molecule has 0 radical (unpaired) electrons. The summed E-state index contributed by atoms with van der Waals surface area (Å²) >= 11 is 0. The molecule has 0 aromatic carbocycles. The number of allylic oxidation sites excluding steroid dienone is 1. The Hall–Kier alpha value is -1.56. The van der Waals surface area contributed by atoms with E-state index in [9.17, 15) is 10.0 Å². The third kappa shape index (κ3) is 2.43. The van der Waals surface area contributed by atoms with Crippen LogP contribution in [-0.4, -0.2) is 43.0 Å². The number of hydrogen-bond acceptors (Lipinski definition) is 5. The van der Waals surface area contributed by atoms with Crippen LogP contribution < -0.4 is 0 Å². The molecule has 128 valence electrons. The maximum atomic E-state index is 12.7. The molecule has 3 aliphatic heterocycles. The first-order valence-corrected chi connectivity index (χ1v) is 8.28. The van der Waals surface area contributed by atoms with Crippen molar-refractivity contribution >= 4 is 12.2 Å². The van der Waals surface area contributed by atoms with Crippen LogP contribution in [-0.2, 0) is 19.1 Å². The lowest BCUT2D eigenvalue weighted by atomic mass is 9.49. The van der Waals surface area contributed by atoms with Gasteiger partial charge in [-0.3, -0.25) is 10.0 Å². The van der Waals surface area contributed by atoms with Crippen LogP contribution in [0.2, 0.25) is 0 Å². The number of hydrogen-bond donors (Lipinski definition) is 0. The van der Waals surface area contributed by atoms with E-state index in [0.29, 0.717) is 17.9 Å². The lowest BCUT2D eigenvalue weighted by Crippen LogP contribution is -2.67. The van der Waals surface area contributed by atoms with Crippen LogP contribution in [0.15, 0.2) is 11.6 Å². The molecule has 0 N–H and O–H groups in total. The van der Waals surface area contributed by atoms with Crippen molar-refractivity contribution in [3.63, 3.8) is 0 Å². The van der Waals surface area contributed by atoms with Gasteiger partial charge >= 0.3 is 5.97 Å². The maximum absolute atomic E-state index is 12.7. The largest absolute Gasteiger partial charge is 0.462 e. The van der Waals surface area contributed by atoms with Gasteiger partial charge in [0, 0.05) is 24.0 Å². The highest BCUT2D eigenvalue weighted by Crippen LogP contribution is 2.61. The van der Waals surface area contributed by atoms with Crippen LogP contribution in [0.1, 0.15) is 46.0 Å². The van der Waals surface area contributed by atoms with E-state index in [4.69, 9.17) is 14.3 Å². The van der Waals surface area contributed by atoms with Gasteiger partial charge in [0.15, 0.2) is 5.41 Å². The summed E-state index contributed by atoms with van der Waals surface area (Å²) in [7, 11) is 1.67. The van der Waals surface area contributed by atoms with Crippen LogP contribution in [0, 0.1) is 16.0 Å². The average Bonchev–Trinajstić information content (AvgIpc) is 2.47. The Morgan fingerprint density at radius 3 is 3.00 bits per heavy atom. The molecular formula is C17H25NO5. The Kier molecular flexibility index (Phi) is 4.12. The molecule has 1 saturated carbocycles. The van der Waals surface area contributed by atoms with E-state index in [2.05, 4.69) is 0 Å². The van der Waals surface area contributed by atoms with Crippen molar-refractivity contribution in [3.05, 3.63) is 16.9 Å². The van der Waals surface area contributed by atoms with Gasteiger partial charge in [-0.25, -0.2) is 0 Å². The van der Waals surface area contributed by atoms with Gasteiger partial charge in [-0.05, 0) is 46.0 Å². The van der Waals surface area contributed by atoms with Gasteiger partial charge in [-0.2, -0.15) is 0 Å². The van der Waals surface area contributed by atoms with Crippen molar-refractivity contribution in [2.45, 2.75) is 58.2 Å². The zero-order chi connectivity index (χ0) is 16.7. The maximum Gasteiger partial charge on any atom is 0.323 e. The second-order valence-corrected chi connectivity index (χ2v) is 7.18. The summed E-state index contributed by atoms with van der Waals surface area (Å²) in [6.45, 7) is 4.58. The summed E-state index contributed by atoms with van der Waals surface area (Å²) < 4.78 is 10.7. The number of nitrogens with zero attached hydrogens (tertiary/aromatic N) is 1. The lowest BCUT2D eigenvalue weighted by Gasteiger charge is -2.59. The minimum Gasteiger partial charge on any atom is -0.462 e. The van der Waals surface area contributed by atoms with Crippen molar-refractivity contribution in [3.8, 4) is 0 Å². The van der Waals surface area contributed by atoms with Crippen molar-refractivity contribution in [1.82, 2.24) is 0 Å². The van der Waals surface area contributed by atoms with Gasteiger partial charge in [0.2, 0.25) is 6.21 Å². The normalized spacial score (nSPS) is 38.2. The molecule has 6 nitrogen and oxygen atoms in total. The molecule has 2 saturated heterocycles. The Balaban J connectivity index is 2.07. The number of ether oxygens (including phenoxy) is 2. The topological polar surface area (TPSA) is 70.8 Å². The Bertz CT molecular complexity index is 553. The predicted octanol–water partition coefficient (Wildman–Crippen LogP) is 2.36. The third-order valence-electron chi connectivity index (χ3n) is 5.52. The molecule has 1 aliphatic carbocycles. The number of methoxy groups -OCH3 is 1. The van der Waals surface area contributed by atoms with E-state index in [1.54, 1.807) is 7.11 Å². The van der Waals surface area contributed by atoms with E-state index in [1.807, 2.05) is 19.9 Å². The molecule has 3 heterocycles. The molecule has 4 rings (SSSR count). The SMILES string of the molecule is COCCC[C@@]12C[C@H]3CC[C@]1(C=[N+]([O-])O[C@@H]2C=C(C)C)C(=O)O3. The molecule has 6 heteroatoms. The van der Waals surface area contributed by atoms with Gasteiger partial charge in [0.25, 0.3) is 0 Å². The van der Waals surface area contributed by atoms with Crippen LogP contribution in [0.5, 0.6) is 0 Å². The minimum absolute atomic E-state index is 0.0739. The van der Waals surface area contributed by atoms with E-state index in [-0.39, 0.29) is 12.1 Å². The Morgan fingerprint density at radius 1 is 1.57 bits per heavy atom. The molecule has 23 heavy (non-hydrogen) atoms. The monoisotopic (exact) mass is 323 g/mol. The summed E-state index contributed by atoms with van der Waals surface area (Å²) in [6.07, 6.45) is 6.68. The summed E-state index contributed by atoms with van der Waals surface area (Å²) in [5.41, 5.74) is -0.241. The zero-order valence-corrected chi connectivity index (χ0v) is 14.0. The van der Waals surface area contributed by atoms with Crippen molar-refractivity contribution in [1.29, 1.82) is 0 Å². The van der Waals surface area contributed by atoms with Crippen LogP contribution >= 0.6 is 0 Å². The van der Waals surface area contributed by atoms with Gasteiger partial charge in [0.05, 0.1) is 6.10 Å². The van der Waals surface area contributed by atoms with Crippen LogP contribution in [0.3, 0.4) is 0 Å². The first-order valence-electron chi connectivity index (χ1n) is 8.28. The Morgan fingerprint density at radius 2 is 2.35 bits per heavy atom. The molecule has 4 aliphatic rings. The van der Waals surface area contributed by atoms with Gasteiger partial charge < -0.3 is 14.3 Å². The van der Waals surface area contributed by atoms with Gasteiger partial charge in [-0.1, -0.05) is 11.6 Å². The van der Waals surface area contributed by atoms with E-state index < -0.39 is 16.9 Å². The highest BCUT2D eigenvalue weighted by Gasteiger charge is 2.69. The van der Waals surface area contributed by atoms with E-state index in [0.717, 1.165) is 31.3 Å². The van der Waals surface area contributed by atoms with Gasteiger partial charge in [0.1, 0.15) is 6.10 Å². The number of esters is 1. The molecule has 2 bridgehead atoms. The number of carbonyl (C=O) groups excluding carboxylic acids is 1. The van der Waals surface area contributed by atoms with E-state index >= 15 is 0 Å².